The highest BCUT2D eigenvalue weighted by Crippen LogP contribution is 2.23. The lowest BCUT2D eigenvalue weighted by Crippen LogP contribution is -2.14. The Hall–Kier alpha value is -1.99. The standard InChI is InChI=1S/C20H33N3O4.C2H6/c1-4-5-6-9-15(24)10-7-11-16-20(17(25)12-8-13-19(26)27)21-14-18(22-16)23(2)3;1-2/h7,11,14-15,17,24-25H,4-6,8-10,12-13H2,1-3H3,(H,26,27);1-2H3/b11-7+;. The van der Waals surface area contributed by atoms with Gasteiger partial charge in [0.2, 0.25) is 0 Å². The van der Waals surface area contributed by atoms with Crippen molar-refractivity contribution in [1.29, 1.82) is 0 Å². The van der Waals surface area contributed by atoms with E-state index in [9.17, 15) is 15.0 Å². The van der Waals surface area contributed by atoms with E-state index in [1.165, 1.54) is 0 Å². The second-order valence-electron chi connectivity index (χ2n) is 6.98. The molecule has 0 saturated carbocycles. The van der Waals surface area contributed by atoms with Gasteiger partial charge in [-0.1, -0.05) is 46.1 Å². The molecule has 1 aromatic heterocycles. The van der Waals surface area contributed by atoms with Gasteiger partial charge in [0.05, 0.1) is 29.8 Å². The van der Waals surface area contributed by atoms with Gasteiger partial charge in [0.25, 0.3) is 0 Å². The lowest BCUT2D eigenvalue weighted by Gasteiger charge is -2.16. The molecule has 0 radical (unpaired) electrons. The smallest absolute Gasteiger partial charge is 0.303 e. The summed E-state index contributed by atoms with van der Waals surface area (Å²) in [6, 6.07) is 0. The number of aliphatic carboxylic acids is 1. The number of carboxylic acids is 1. The predicted octanol–water partition coefficient (Wildman–Crippen LogP) is 4.20. The van der Waals surface area contributed by atoms with E-state index in [0.717, 1.165) is 25.7 Å². The number of hydrogen-bond acceptors (Lipinski definition) is 6. The van der Waals surface area contributed by atoms with Crippen molar-refractivity contribution >= 4 is 17.9 Å². The fraction of sp³-hybridized carbons (Fsp3) is 0.682. The van der Waals surface area contributed by atoms with Crippen LogP contribution in [0.2, 0.25) is 0 Å². The van der Waals surface area contributed by atoms with E-state index in [1.54, 1.807) is 12.3 Å². The second-order valence-corrected chi connectivity index (χ2v) is 6.98. The molecule has 0 spiro atoms. The number of carboxylic acid groups (broad SMARTS) is 1. The number of unbranched alkanes of at least 4 members (excludes halogenated alkanes) is 2. The topological polar surface area (TPSA) is 107 Å². The van der Waals surface area contributed by atoms with Gasteiger partial charge >= 0.3 is 5.97 Å². The average Bonchev–Trinajstić information content (AvgIpc) is 2.69. The number of aliphatic hydroxyl groups is 2. The highest BCUT2D eigenvalue weighted by Gasteiger charge is 2.16. The van der Waals surface area contributed by atoms with Crippen molar-refractivity contribution in [2.24, 2.45) is 0 Å². The van der Waals surface area contributed by atoms with E-state index < -0.39 is 12.1 Å². The Morgan fingerprint density at radius 1 is 1.17 bits per heavy atom. The molecule has 0 aliphatic rings. The largest absolute Gasteiger partial charge is 0.481 e. The lowest BCUT2D eigenvalue weighted by molar-refractivity contribution is -0.137. The summed E-state index contributed by atoms with van der Waals surface area (Å²) in [6.07, 6.45) is 9.18. The van der Waals surface area contributed by atoms with E-state index in [2.05, 4.69) is 16.9 Å². The summed E-state index contributed by atoms with van der Waals surface area (Å²) in [5, 5.41) is 29.2. The Morgan fingerprint density at radius 2 is 1.86 bits per heavy atom. The molecular formula is C22H39N3O4. The van der Waals surface area contributed by atoms with Crippen molar-refractivity contribution < 1.29 is 20.1 Å². The SMILES string of the molecule is CC.CCCCCC(O)C/C=C/c1nc(N(C)C)cnc1C(O)CCCC(=O)O. The molecule has 3 N–H and O–H groups in total. The van der Waals surface area contributed by atoms with Crippen LogP contribution < -0.4 is 4.90 Å². The Balaban J connectivity index is 0.00000379. The maximum absolute atomic E-state index is 10.7. The van der Waals surface area contributed by atoms with Crippen LogP contribution in [0.15, 0.2) is 12.3 Å². The van der Waals surface area contributed by atoms with Crippen molar-refractivity contribution in [3.63, 3.8) is 0 Å². The van der Waals surface area contributed by atoms with E-state index in [4.69, 9.17) is 5.11 Å². The highest BCUT2D eigenvalue weighted by atomic mass is 16.4. The predicted molar refractivity (Wildman–Crippen MR) is 118 cm³/mol. The minimum Gasteiger partial charge on any atom is -0.481 e. The molecule has 0 saturated heterocycles. The van der Waals surface area contributed by atoms with Gasteiger partial charge < -0.3 is 20.2 Å². The molecule has 0 fully saturated rings. The van der Waals surface area contributed by atoms with Gasteiger partial charge in [-0.2, -0.15) is 0 Å². The van der Waals surface area contributed by atoms with Crippen LogP contribution in [0.1, 0.15) is 89.6 Å². The molecule has 0 aliphatic carbocycles. The molecule has 1 rings (SSSR count). The molecule has 29 heavy (non-hydrogen) atoms. The van der Waals surface area contributed by atoms with Gasteiger partial charge in [-0.15, -0.1) is 0 Å². The van der Waals surface area contributed by atoms with Gasteiger partial charge in [-0.05, 0) is 31.8 Å². The van der Waals surface area contributed by atoms with Gasteiger partial charge in [-0.25, -0.2) is 4.98 Å². The number of anilines is 1. The number of aromatic nitrogens is 2. The maximum atomic E-state index is 10.7. The van der Waals surface area contributed by atoms with E-state index in [1.807, 2.05) is 38.9 Å². The Morgan fingerprint density at radius 3 is 2.45 bits per heavy atom. The van der Waals surface area contributed by atoms with Crippen molar-refractivity contribution in [2.45, 2.75) is 84.3 Å². The quantitative estimate of drug-likeness (QED) is 0.419. The summed E-state index contributed by atoms with van der Waals surface area (Å²) >= 11 is 0. The summed E-state index contributed by atoms with van der Waals surface area (Å²) in [7, 11) is 3.72. The first-order valence-corrected chi connectivity index (χ1v) is 10.6. The fourth-order valence-corrected chi connectivity index (χ4v) is 2.67. The second kappa shape index (κ2) is 15.9. The summed E-state index contributed by atoms with van der Waals surface area (Å²) in [4.78, 5) is 21.3. The summed E-state index contributed by atoms with van der Waals surface area (Å²) in [6.45, 7) is 6.13. The molecule has 1 aromatic rings. The van der Waals surface area contributed by atoms with E-state index >= 15 is 0 Å². The molecule has 166 valence electrons. The molecule has 0 aromatic carbocycles. The number of carbonyl (C=O) groups is 1. The molecule has 0 aliphatic heterocycles. The van der Waals surface area contributed by atoms with Gasteiger partial charge in [-0.3, -0.25) is 9.78 Å². The highest BCUT2D eigenvalue weighted by molar-refractivity contribution is 5.66. The first kappa shape index (κ1) is 27.0. The summed E-state index contributed by atoms with van der Waals surface area (Å²) < 4.78 is 0. The third kappa shape index (κ3) is 11.6. The Kier molecular flexibility index (Phi) is 14.8. The molecule has 2 unspecified atom stereocenters. The minimum atomic E-state index is -0.881. The fourth-order valence-electron chi connectivity index (χ4n) is 2.67. The molecule has 2 atom stereocenters. The third-order valence-electron chi connectivity index (χ3n) is 4.28. The normalized spacial score (nSPS) is 12.9. The van der Waals surface area contributed by atoms with E-state index in [0.29, 0.717) is 36.5 Å². The monoisotopic (exact) mass is 409 g/mol. The molecule has 7 heteroatoms. The number of aliphatic hydroxyl groups excluding tert-OH is 2. The summed E-state index contributed by atoms with van der Waals surface area (Å²) in [5.41, 5.74) is 0.979. The first-order chi connectivity index (χ1) is 13.8. The van der Waals surface area contributed by atoms with E-state index in [-0.39, 0.29) is 12.5 Å². The molecular weight excluding hydrogens is 370 g/mol. The third-order valence-corrected chi connectivity index (χ3v) is 4.28. The lowest BCUT2D eigenvalue weighted by atomic mass is 10.1. The van der Waals surface area contributed by atoms with Gasteiger partial charge in [0, 0.05) is 20.5 Å². The first-order valence-electron chi connectivity index (χ1n) is 10.6. The van der Waals surface area contributed by atoms with Crippen LogP contribution in [0.25, 0.3) is 6.08 Å². The van der Waals surface area contributed by atoms with Crippen molar-refractivity contribution in [3.05, 3.63) is 23.7 Å². The number of rotatable bonds is 13. The van der Waals surface area contributed by atoms with Crippen molar-refractivity contribution in [2.75, 3.05) is 19.0 Å². The van der Waals surface area contributed by atoms with Gasteiger partial charge in [0.15, 0.2) is 0 Å². The minimum absolute atomic E-state index is 0.00932. The zero-order chi connectivity index (χ0) is 22.2. The Labute approximate surface area is 175 Å². The Bertz CT molecular complexity index is 606. The zero-order valence-corrected chi connectivity index (χ0v) is 18.6. The van der Waals surface area contributed by atoms with Crippen molar-refractivity contribution in [1.82, 2.24) is 9.97 Å². The van der Waals surface area contributed by atoms with Gasteiger partial charge in [0.1, 0.15) is 5.82 Å². The van der Waals surface area contributed by atoms with Crippen LogP contribution in [0, 0.1) is 0 Å². The van der Waals surface area contributed by atoms with Crippen LogP contribution >= 0.6 is 0 Å². The van der Waals surface area contributed by atoms with Crippen LogP contribution in [-0.2, 0) is 4.79 Å². The van der Waals surface area contributed by atoms with Crippen LogP contribution in [-0.4, -0.2) is 51.5 Å². The molecule has 7 nitrogen and oxygen atoms in total. The van der Waals surface area contributed by atoms with Crippen molar-refractivity contribution in [3.8, 4) is 0 Å². The maximum Gasteiger partial charge on any atom is 0.303 e. The molecule has 0 amide bonds. The molecule has 0 bridgehead atoms. The molecule has 1 heterocycles. The average molecular weight is 410 g/mol. The van der Waals surface area contributed by atoms with Crippen LogP contribution in [0.3, 0.4) is 0 Å². The zero-order valence-electron chi connectivity index (χ0n) is 18.6. The van der Waals surface area contributed by atoms with Crippen LogP contribution in [0.4, 0.5) is 5.82 Å². The van der Waals surface area contributed by atoms with Crippen LogP contribution in [0.5, 0.6) is 0 Å². The number of hydrogen-bond donors (Lipinski definition) is 3. The number of nitrogens with zero attached hydrogens (tertiary/aromatic N) is 3. The summed E-state index contributed by atoms with van der Waals surface area (Å²) in [5.74, 6) is -0.215.